The predicted octanol–water partition coefficient (Wildman–Crippen LogP) is 1.64. The first kappa shape index (κ1) is 19.9. The van der Waals surface area contributed by atoms with Crippen molar-refractivity contribution in [3.8, 4) is 0 Å². The lowest BCUT2D eigenvalue weighted by molar-refractivity contribution is -0.133. The van der Waals surface area contributed by atoms with Crippen molar-refractivity contribution in [2.24, 2.45) is 11.7 Å². The fourth-order valence-corrected chi connectivity index (χ4v) is 4.11. The van der Waals surface area contributed by atoms with Gasteiger partial charge >= 0.3 is 0 Å². The Morgan fingerprint density at radius 2 is 2.04 bits per heavy atom. The number of carbonyl (C=O) groups is 1. The van der Waals surface area contributed by atoms with Gasteiger partial charge in [0.05, 0.1) is 4.90 Å². The Balaban J connectivity index is 1.87. The van der Waals surface area contributed by atoms with E-state index in [4.69, 9.17) is 5.73 Å². The molecule has 0 spiro atoms. The van der Waals surface area contributed by atoms with Gasteiger partial charge in [-0.1, -0.05) is 17.7 Å². The molecule has 1 saturated heterocycles. The Morgan fingerprint density at radius 3 is 2.68 bits per heavy atom. The molecule has 3 N–H and O–H groups in total. The summed E-state index contributed by atoms with van der Waals surface area (Å²) in [5, 5.41) is 0. The summed E-state index contributed by atoms with van der Waals surface area (Å²) in [4.78, 5) is 14.4. The van der Waals surface area contributed by atoms with Crippen molar-refractivity contribution in [2.45, 2.75) is 50.5 Å². The minimum atomic E-state index is -3.51. The molecule has 6 nitrogen and oxygen atoms in total. The third kappa shape index (κ3) is 6.09. The second-order valence-corrected chi connectivity index (χ2v) is 8.80. The maximum Gasteiger partial charge on any atom is 0.240 e. The minimum absolute atomic E-state index is 0.0193. The van der Waals surface area contributed by atoms with Gasteiger partial charge in [0.2, 0.25) is 15.9 Å². The number of hydrogen-bond acceptors (Lipinski definition) is 4. The van der Waals surface area contributed by atoms with Crippen LogP contribution in [0.15, 0.2) is 29.2 Å². The molecular weight excluding hydrogens is 338 g/mol. The van der Waals surface area contributed by atoms with Crippen LogP contribution in [-0.2, 0) is 14.8 Å². The summed E-state index contributed by atoms with van der Waals surface area (Å²) in [6.07, 6.45) is 2.97. The topological polar surface area (TPSA) is 92.5 Å². The Bertz CT molecular complexity index is 671. The highest BCUT2D eigenvalue weighted by Gasteiger charge is 2.25. The van der Waals surface area contributed by atoms with E-state index in [-0.39, 0.29) is 22.8 Å². The molecule has 0 aliphatic carbocycles. The number of likely N-dealkylation sites (tertiary alicyclic amines) is 1. The molecule has 0 aromatic heterocycles. The average molecular weight is 368 g/mol. The zero-order valence-corrected chi connectivity index (χ0v) is 15.9. The lowest BCUT2D eigenvalue weighted by Gasteiger charge is -2.33. The molecule has 2 rings (SSSR count). The number of hydrogen-bond donors (Lipinski definition) is 2. The summed E-state index contributed by atoms with van der Waals surface area (Å²) in [7, 11) is -3.51. The maximum atomic E-state index is 12.4. The molecule has 1 fully saturated rings. The van der Waals surface area contributed by atoms with Gasteiger partial charge in [0, 0.05) is 32.1 Å². The Morgan fingerprint density at radius 1 is 1.36 bits per heavy atom. The second-order valence-electron chi connectivity index (χ2n) is 7.03. The van der Waals surface area contributed by atoms with Crippen LogP contribution in [0, 0.1) is 12.8 Å². The van der Waals surface area contributed by atoms with Crippen molar-refractivity contribution in [1.29, 1.82) is 0 Å². The van der Waals surface area contributed by atoms with E-state index in [2.05, 4.69) is 4.72 Å². The van der Waals surface area contributed by atoms with Gasteiger partial charge in [-0.2, -0.15) is 0 Å². The van der Waals surface area contributed by atoms with Crippen LogP contribution in [0.2, 0.25) is 0 Å². The normalized spacial score (nSPS) is 19.6. The van der Waals surface area contributed by atoms with Gasteiger partial charge in [0.1, 0.15) is 0 Å². The molecule has 25 heavy (non-hydrogen) atoms. The van der Waals surface area contributed by atoms with Gasteiger partial charge in [-0.25, -0.2) is 13.1 Å². The fraction of sp³-hybridized carbons (Fsp3) is 0.611. The highest BCUT2D eigenvalue weighted by Crippen LogP contribution is 2.18. The van der Waals surface area contributed by atoms with Crippen molar-refractivity contribution >= 4 is 15.9 Å². The summed E-state index contributed by atoms with van der Waals surface area (Å²) in [5.41, 5.74) is 6.73. The molecular formula is C18H29N3O3S. The number of sulfonamides is 1. The van der Waals surface area contributed by atoms with Crippen LogP contribution in [0.5, 0.6) is 0 Å². The molecule has 0 saturated carbocycles. The zero-order chi connectivity index (χ0) is 18.4. The highest BCUT2D eigenvalue weighted by atomic mass is 32.2. The SMILES string of the molecule is Cc1ccc(S(=O)(=O)NCC2CCCN(C(=O)CCC(C)N)C2)cc1. The van der Waals surface area contributed by atoms with Gasteiger partial charge in [-0.15, -0.1) is 0 Å². The molecule has 2 unspecified atom stereocenters. The molecule has 1 aliphatic rings. The second kappa shape index (κ2) is 8.78. The number of nitrogens with two attached hydrogens (primary N) is 1. The standard InChI is InChI=1S/C18H29N3O3S/c1-14-5-8-17(9-6-14)25(23,24)20-12-16-4-3-11-21(13-16)18(22)10-7-15(2)19/h5-6,8-9,15-16,20H,3-4,7,10-13,19H2,1-2H3. The lowest BCUT2D eigenvalue weighted by Crippen LogP contribution is -2.43. The Labute approximate surface area is 150 Å². The third-order valence-electron chi connectivity index (χ3n) is 4.58. The number of aryl methyl sites for hydroxylation is 1. The molecule has 1 aromatic rings. The molecule has 2 atom stereocenters. The van der Waals surface area contributed by atoms with Crippen molar-refractivity contribution in [2.75, 3.05) is 19.6 Å². The summed E-state index contributed by atoms with van der Waals surface area (Å²) in [6, 6.07) is 6.82. The van der Waals surface area contributed by atoms with Crippen LogP contribution in [-0.4, -0.2) is 44.9 Å². The van der Waals surface area contributed by atoms with Gasteiger partial charge in [0.15, 0.2) is 0 Å². The van der Waals surface area contributed by atoms with Crippen LogP contribution in [0.1, 0.15) is 38.2 Å². The number of benzene rings is 1. The highest BCUT2D eigenvalue weighted by molar-refractivity contribution is 7.89. The Kier molecular flexibility index (Phi) is 6.98. The van der Waals surface area contributed by atoms with Crippen LogP contribution in [0.25, 0.3) is 0 Å². The number of piperidine rings is 1. The van der Waals surface area contributed by atoms with Crippen molar-refractivity contribution in [3.05, 3.63) is 29.8 Å². The quantitative estimate of drug-likeness (QED) is 0.766. The van der Waals surface area contributed by atoms with E-state index in [0.717, 1.165) is 24.9 Å². The molecule has 7 heteroatoms. The van der Waals surface area contributed by atoms with Crippen LogP contribution in [0.4, 0.5) is 0 Å². The van der Waals surface area contributed by atoms with E-state index in [0.29, 0.717) is 25.9 Å². The first-order valence-electron chi connectivity index (χ1n) is 8.87. The smallest absolute Gasteiger partial charge is 0.240 e. The third-order valence-corrected chi connectivity index (χ3v) is 6.02. The first-order valence-corrected chi connectivity index (χ1v) is 10.4. The van der Waals surface area contributed by atoms with Crippen molar-refractivity contribution in [3.63, 3.8) is 0 Å². The number of amides is 1. The van der Waals surface area contributed by atoms with E-state index in [9.17, 15) is 13.2 Å². The Hall–Kier alpha value is -1.44. The van der Waals surface area contributed by atoms with Gasteiger partial charge in [-0.3, -0.25) is 4.79 Å². The molecule has 1 heterocycles. The summed E-state index contributed by atoms with van der Waals surface area (Å²) in [5.74, 6) is 0.261. The van der Waals surface area contributed by atoms with E-state index >= 15 is 0 Å². The molecule has 1 amide bonds. The van der Waals surface area contributed by atoms with Crippen LogP contribution in [0.3, 0.4) is 0 Å². The summed E-state index contributed by atoms with van der Waals surface area (Å²) in [6.45, 7) is 5.52. The maximum absolute atomic E-state index is 12.4. The minimum Gasteiger partial charge on any atom is -0.342 e. The van der Waals surface area contributed by atoms with E-state index in [1.807, 2.05) is 18.7 Å². The number of rotatable bonds is 7. The molecule has 1 aromatic carbocycles. The number of nitrogens with zero attached hydrogens (tertiary/aromatic N) is 1. The number of carbonyl (C=O) groups excluding carboxylic acids is 1. The van der Waals surface area contributed by atoms with Crippen molar-refractivity contribution in [1.82, 2.24) is 9.62 Å². The lowest BCUT2D eigenvalue weighted by atomic mass is 9.98. The van der Waals surface area contributed by atoms with E-state index in [1.165, 1.54) is 0 Å². The molecule has 1 aliphatic heterocycles. The largest absolute Gasteiger partial charge is 0.342 e. The molecule has 140 valence electrons. The average Bonchev–Trinajstić information content (AvgIpc) is 2.58. The zero-order valence-electron chi connectivity index (χ0n) is 15.1. The van der Waals surface area contributed by atoms with Gasteiger partial charge in [0.25, 0.3) is 0 Å². The van der Waals surface area contributed by atoms with E-state index < -0.39 is 10.0 Å². The first-order chi connectivity index (χ1) is 11.8. The molecule has 0 bridgehead atoms. The summed E-state index contributed by atoms with van der Waals surface area (Å²) >= 11 is 0. The molecule has 0 radical (unpaired) electrons. The van der Waals surface area contributed by atoms with E-state index in [1.54, 1.807) is 24.3 Å². The van der Waals surface area contributed by atoms with Crippen LogP contribution >= 0.6 is 0 Å². The van der Waals surface area contributed by atoms with Gasteiger partial charge < -0.3 is 10.6 Å². The van der Waals surface area contributed by atoms with Crippen LogP contribution < -0.4 is 10.5 Å². The van der Waals surface area contributed by atoms with Crippen molar-refractivity contribution < 1.29 is 13.2 Å². The fourth-order valence-electron chi connectivity index (χ4n) is 3.00. The monoisotopic (exact) mass is 367 g/mol. The summed E-state index contributed by atoms with van der Waals surface area (Å²) < 4.78 is 27.4. The predicted molar refractivity (Wildman–Crippen MR) is 98.6 cm³/mol. The van der Waals surface area contributed by atoms with Gasteiger partial charge in [-0.05, 0) is 51.2 Å². The number of nitrogens with one attached hydrogen (secondary N) is 1.